The van der Waals surface area contributed by atoms with E-state index in [0.717, 1.165) is 4.68 Å². The Balaban J connectivity index is 2.38. The summed E-state index contributed by atoms with van der Waals surface area (Å²) in [4.78, 5) is 24.6. The summed E-state index contributed by atoms with van der Waals surface area (Å²) < 4.78 is 2.58. The maximum absolute atomic E-state index is 12.8. The average molecular weight is 308 g/mol. The van der Waals surface area contributed by atoms with Crippen LogP contribution in [-0.4, -0.2) is 20.7 Å². The molecule has 0 saturated heterocycles. The van der Waals surface area contributed by atoms with Crippen molar-refractivity contribution in [2.45, 2.75) is 6.92 Å². The molecule has 0 spiro atoms. The van der Waals surface area contributed by atoms with Gasteiger partial charge >= 0.3 is 11.2 Å². The third-order valence-corrected chi connectivity index (χ3v) is 3.35. The fraction of sp³-hybridized carbons (Fsp3) is 0.0588. The fourth-order valence-corrected chi connectivity index (χ4v) is 2.27. The van der Waals surface area contributed by atoms with E-state index in [1.54, 1.807) is 54.9 Å². The highest BCUT2D eigenvalue weighted by molar-refractivity contribution is 5.95. The summed E-state index contributed by atoms with van der Waals surface area (Å²) in [5.74, 6) is -0.851. The molecule has 114 valence electrons. The molecule has 0 atom stereocenters. The summed E-state index contributed by atoms with van der Waals surface area (Å²) in [6.45, 7) is 1.29. The van der Waals surface area contributed by atoms with E-state index >= 15 is 0 Å². The molecule has 0 unspecified atom stereocenters. The van der Waals surface area contributed by atoms with E-state index in [-0.39, 0.29) is 11.4 Å². The number of Topliss-reactive ketones (excluding diaryl/α,β-unsaturated/α-hetero) is 1. The summed E-state index contributed by atoms with van der Waals surface area (Å²) in [5, 5.41) is 14.4. The van der Waals surface area contributed by atoms with Crippen molar-refractivity contribution < 1.29 is 14.5 Å². The number of hydrogen-bond acceptors (Lipinski definition) is 4. The zero-order valence-electron chi connectivity index (χ0n) is 12.4. The Labute approximate surface area is 131 Å². The molecule has 3 aromatic rings. The third-order valence-electron chi connectivity index (χ3n) is 3.35. The SMILES string of the molecule is CC(=O)c1nn(-c2ccccc2)c(=O)c(-[n+]2ccccc2)c1O. The molecule has 1 aromatic carbocycles. The maximum atomic E-state index is 12.8. The number of benzene rings is 1. The zero-order chi connectivity index (χ0) is 16.4. The van der Waals surface area contributed by atoms with Crippen LogP contribution in [-0.2, 0) is 0 Å². The quantitative estimate of drug-likeness (QED) is 0.586. The van der Waals surface area contributed by atoms with E-state index in [1.165, 1.54) is 11.5 Å². The van der Waals surface area contributed by atoms with Crippen molar-refractivity contribution in [3.63, 3.8) is 0 Å². The Bertz CT molecular complexity index is 919. The van der Waals surface area contributed by atoms with Crippen molar-refractivity contribution in [2.24, 2.45) is 0 Å². The van der Waals surface area contributed by atoms with Crippen molar-refractivity contribution in [1.29, 1.82) is 0 Å². The number of aromatic nitrogens is 3. The van der Waals surface area contributed by atoms with Crippen LogP contribution in [0.3, 0.4) is 0 Å². The fourth-order valence-electron chi connectivity index (χ4n) is 2.27. The van der Waals surface area contributed by atoms with Crippen LogP contribution in [0.1, 0.15) is 17.4 Å². The first-order chi connectivity index (χ1) is 11.1. The highest BCUT2D eigenvalue weighted by Gasteiger charge is 2.27. The standard InChI is InChI=1S/C17H13N3O3/c1-12(21)14-16(22)15(19-10-6-3-7-11-19)17(23)20(18-14)13-8-4-2-5-9-13/h2-11H,1H3/p+1. The molecular weight excluding hydrogens is 294 g/mol. The Kier molecular flexibility index (Phi) is 3.72. The van der Waals surface area contributed by atoms with Crippen molar-refractivity contribution in [2.75, 3.05) is 0 Å². The second kappa shape index (κ2) is 5.84. The molecule has 1 N–H and O–H groups in total. The van der Waals surface area contributed by atoms with Crippen LogP contribution >= 0.6 is 0 Å². The predicted molar refractivity (Wildman–Crippen MR) is 83.0 cm³/mol. The number of aromatic hydroxyl groups is 1. The Hall–Kier alpha value is -3.28. The normalized spacial score (nSPS) is 10.5. The highest BCUT2D eigenvalue weighted by Crippen LogP contribution is 2.19. The second-order valence-corrected chi connectivity index (χ2v) is 4.94. The minimum Gasteiger partial charge on any atom is -0.500 e. The van der Waals surface area contributed by atoms with E-state index < -0.39 is 17.1 Å². The van der Waals surface area contributed by atoms with Gasteiger partial charge in [-0.3, -0.25) is 9.59 Å². The molecule has 3 rings (SSSR count). The average Bonchev–Trinajstić information content (AvgIpc) is 2.56. The number of para-hydroxylation sites is 1. The van der Waals surface area contributed by atoms with Crippen LogP contribution in [0.5, 0.6) is 5.75 Å². The van der Waals surface area contributed by atoms with Gasteiger partial charge in [0.2, 0.25) is 5.75 Å². The van der Waals surface area contributed by atoms with E-state index in [4.69, 9.17) is 0 Å². The summed E-state index contributed by atoms with van der Waals surface area (Å²) in [6, 6.07) is 14.0. The predicted octanol–water partition coefficient (Wildman–Crippen LogP) is 1.42. The van der Waals surface area contributed by atoms with Crippen LogP contribution in [0, 0.1) is 0 Å². The molecule has 0 saturated carbocycles. The molecule has 0 aliphatic rings. The van der Waals surface area contributed by atoms with Crippen molar-refractivity contribution in [1.82, 2.24) is 9.78 Å². The number of ketones is 1. The van der Waals surface area contributed by atoms with Gasteiger partial charge in [0.1, 0.15) is 0 Å². The minimum atomic E-state index is -0.519. The summed E-state index contributed by atoms with van der Waals surface area (Å²) in [5.41, 5.74) is -0.179. The van der Waals surface area contributed by atoms with Gasteiger partial charge in [-0.25, -0.2) is 0 Å². The minimum absolute atomic E-state index is 0.0188. The van der Waals surface area contributed by atoms with E-state index in [9.17, 15) is 14.7 Å². The molecular formula is C17H14N3O3+. The van der Waals surface area contributed by atoms with Gasteiger partial charge < -0.3 is 5.11 Å². The number of pyridine rings is 1. The number of rotatable bonds is 3. The van der Waals surface area contributed by atoms with Gasteiger partial charge in [-0.1, -0.05) is 24.3 Å². The number of hydrogen-bond donors (Lipinski definition) is 1. The Morgan fingerprint density at radius 2 is 1.70 bits per heavy atom. The number of carbonyl (C=O) groups is 1. The highest BCUT2D eigenvalue weighted by atomic mass is 16.3. The molecule has 0 radical (unpaired) electrons. The lowest BCUT2D eigenvalue weighted by Crippen LogP contribution is -2.40. The first-order valence-electron chi connectivity index (χ1n) is 6.99. The first-order valence-corrected chi connectivity index (χ1v) is 6.99. The van der Waals surface area contributed by atoms with Crippen molar-refractivity contribution >= 4 is 5.78 Å². The van der Waals surface area contributed by atoms with Gasteiger partial charge in [0.15, 0.2) is 23.9 Å². The van der Waals surface area contributed by atoms with E-state index in [1.807, 2.05) is 6.07 Å². The lowest BCUT2D eigenvalue weighted by Gasteiger charge is -2.08. The maximum Gasteiger partial charge on any atom is 0.348 e. The molecule has 6 nitrogen and oxygen atoms in total. The molecule has 6 heteroatoms. The Morgan fingerprint density at radius 1 is 1.09 bits per heavy atom. The first kappa shape index (κ1) is 14.6. The number of carbonyl (C=O) groups excluding carboxylic acids is 1. The van der Waals surface area contributed by atoms with Crippen molar-refractivity contribution in [3.05, 3.63) is 77.0 Å². The van der Waals surface area contributed by atoms with Crippen molar-refractivity contribution in [3.8, 4) is 17.1 Å². The van der Waals surface area contributed by atoms with Gasteiger partial charge in [0, 0.05) is 19.1 Å². The topological polar surface area (TPSA) is 76.1 Å². The molecule has 2 aromatic heterocycles. The van der Waals surface area contributed by atoms with Crippen LogP contribution in [0.25, 0.3) is 11.4 Å². The largest absolute Gasteiger partial charge is 0.500 e. The van der Waals surface area contributed by atoms with Gasteiger partial charge in [-0.15, -0.1) is 0 Å². The second-order valence-electron chi connectivity index (χ2n) is 4.94. The summed E-state index contributed by atoms with van der Waals surface area (Å²) >= 11 is 0. The summed E-state index contributed by atoms with van der Waals surface area (Å²) in [7, 11) is 0. The lowest BCUT2D eigenvalue weighted by molar-refractivity contribution is -0.597. The van der Waals surface area contributed by atoms with Gasteiger partial charge in [0.25, 0.3) is 0 Å². The summed E-state index contributed by atoms with van der Waals surface area (Å²) in [6.07, 6.45) is 3.24. The molecule has 0 aliphatic carbocycles. The van der Waals surface area contributed by atoms with Gasteiger partial charge in [-0.2, -0.15) is 14.3 Å². The molecule has 23 heavy (non-hydrogen) atoms. The Morgan fingerprint density at radius 3 is 2.30 bits per heavy atom. The van der Waals surface area contributed by atoms with Crippen LogP contribution < -0.4 is 10.1 Å². The van der Waals surface area contributed by atoms with Crippen LogP contribution in [0.4, 0.5) is 0 Å². The number of nitrogens with zero attached hydrogens (tertiary/aromatic N) is 3. The molecule has 0 fully saturated rings. The molecule has 0 aliphatic heterocycles. The molecule has 2 heterocycles. The van der Waals surface area contributed by atoms with E-state index in [2.05, 4.69) is 5.10 Å². The monoisotopic (exact) mass is 308 g/mol. The molecule has 0 amide bonds. The molecule has 0 bridgehead atoms. The third kappa shape index (κ3) is 2.62. The van der Waals surface area contributed by atoms with Gasteiger partial charge in [0.05, 0.1) is 5.69 Å². The lowest BCUT2D eigenvalue weighted by atomic mass is 10.2. The van der Waals surface area contributed by atoms with Crippen LogP contribution in [0.15, 0.2) is 65.7 Å². The smallest absolute Gasteiger partial charge is 0.348 e. The zero-order valence-corrected chi connectivity index (χ0v) is 12.4. The van der Waals surface area contributed by atoms with Gasteiger partial charge in [-0.05, 0) is 12.1 Å². The van der Waals surface area contributed by atoms with Crippen LogP contribution in [0.2, 0.25) is 0 Å². The van der Waals surface area contributed by atoms with E-state index in [0.29, 0.717) is 5.69 Å².